The number of rotatable bonds is 1. The molecule has 0 saturated carbocycles. The molecule has 0 radical (unpaired) electrons. The second-order valence-corrected chi connectivity index (χ2v) is 6.83. The Labute approximate surface area is 130 Å². The van der Waals surface area contributed by atoms with Gasteiger partial charge in [0.25, 0.3) is 0 Å². The molecule has 7 heteroatoms. The Morgan fingerprint density at radius 1 is 1.36 bits per heavy atom. The van der Waals surface area contributed by atoms with Gasteiger partial charge in [-0.2, -0.15) is 0 Å². The van der Waals surface area contributed by atoms with Crippen LogP contribution in [0.5, 0.6) is 0 Å². The zero-order chi connectivity index (χ0) is 16.7. The zero-order valence-electron chi connectivity index (χ0n) is 14.0. The molecule has 1 unspecified atom stereocenters. The third kappa shape index (κ3) is 2.82. The molecule has 2 rings (SSSR count). The quantitative estimate of drug-likeness (QED) is 0.692. The number of hydrogen-bond acceptors (Lipinski definition) is 6. The number of amides is 1. The summed E-state index contributed by atoms with van der Waals surface area (Å²) in [5.41, 5.74) is -0.422. The summed E-state index contributed by atoms with van der Waals surface area (Å²) in [7, 11) is 1.29. The van der Waals surface area contributed by atoms with Crippen LogP contribution in [0, 0.1) is 5.92 Å². The van der Waals surface area contributed by atoms with Gasteiger partial charge in [0.05, 0.1) is 7.11 Å². The van der Waals surface area contributed by atoms with E-state index < -0.39 is 23.5 Å². The maximum Gasteiger partial charge on any atom is 0.414 e. The van der Waals surface area contributed by atoms with Crippen LogP contribution in [0.2, 0.25) is 0 Å². The predicted octanol–water partition coefficient (Wildman–Crippen LogP) is 1.95. The van der Waals surface area contributed by atoms with Crippen LogP contribution in [-0.2, 0) is 19.0 Å². The van der Waals surface area contributed by atoms with Gasteiger partial charge >= 0.3 is 12.1 Å². The van der Waals surface area contributed by atoms with E-state index >= 15 is 0 Å². The Bertz CT molecular complexity index is 511. The smallest absolute Gasteiger partial charge is 0.414 e. The fourth-order valence-electron chi connectivity index (χ4n) is 2.98. The molecule has 124 valence electrons. The average molecular weight is 312 g/mol. The van der Waals surface area contributed by atoms with Crippen LogP contribution in [0.25, 0.3) is 0 Å². The van der Waals surface area contributed by atoms with Gasteiger partial charge in [0.1, 0.15) is 12.2 Å². The number of carbonyl (C=O) groups excluding carboxylic acids is 2. The summed E-state index contributed by atoms with van der Waals surface area (Å²) < 4.78 is 16.0. The predicted molar refractivity (Wildman–Crippen MR) is 79.5 cm³/mol. The fraction of sp³-hybridized carbons (Fsp3) is 0.800. The van der Waals surface area contributed by atoms with Crippen molar-refractivity contribution in [1.29, 1.82) is 0 Å². The van der Waals surface area contributed by atoms with E-state index in [1.54, 1.807) is 20.8 Å². The Kier molecular flexibility index (Phi) is 4.21. The number of esters is 1. The van der Waals surface area contributed by atoms with Gasteiger partial charge in [-0.15, -0.1) is 0 Å². The number of hydrogen-bond donors (Lipinski definition) is 0. The van der Waals surface area contributed by atoms with Crippen molar-refractivity contribution in [3.63, 3.8) is 0 Å². The molecule has 1 saturated heterocycles. The number of nitrogens with zero attached hydrogens (tertiary/aromatic N) is 2. The minimum absolute atomic E-state index is 0.0308. The summed E-state index contributed by atoms with van der Waals surface area (Å²) in [6.45, 7) is 9.32. The van der Waals surface area contributed by atoms with E-state index in [1.807, 2.05) is 13.8 Å². The molecule has 0 aliphatic carbocycles. The van der Waals surface area contributed by atoms with Crippen LogP contribution in [0.4, 0.5) is 4.79 Å². The Hall–Kier alpha value is -1.63. The Morgan fingerprint density at radius 2 is 2.00 bits per heavy atom. The zero-order valence-corrected chi connectivity index (χ0v) is 14.0. The molecular formula is C15H24N2O5. The van der Waals surface area contributed by atoms with Gasteiger partial charge in [-0.1, -0.05) is 6.92 Å². The van der Waals surface area contributed by atoms with Gasteiger partial charge < -0.3 is 14.2 Å². The van der Waals surface area contributed by atoms with Crippen LogP contribution < -0.4 is 0 Å². The maximum absolute atomic E-state index is 12.6. The second-order valence-electron chi connectivity index (χ2n) is 6.83. The molecule has 1 amide bonds. The van der Waals surface area contributed by atoms with Crippen molar-refractivity contribution in [2.45, 2.75) is 58.5 Å². The lowest BCUT2D eigenvalue weighted by atomic mass is 10.0. The van der Waals surface area contributed by atoms with E-state index in [4.69, 9.17) is 14.2 Å². The maximum atomic E-state index is 12.6. The van der Waals surface area contributed by atoms with Gasteiger partial charge in [0, 0.05) is 12.0 Å². The third-order valence-corrected chi connectivity index (χ3v) is 3.85. The fourth-order valence-corrected chi connectivity index (χ4v) is 2.98. The van der Waals surface area contributed by atoms with E-state index in [1.165, 1.54) is 12.0 Å². The standard InChI is InChI=1S/C15H24N2O5/c1-9-7-10(2)17(13(19)22-14(3,4)5)15(9)16-11(8-21-15)12(18)20-6/h9-10H,7-8H2,1-6H3/t9-,10-,15?/m0/s1. The molecule has 2 heterocycles. The topological polar surface area (TPSA) is 77.4 Å². The van der Waals surface area contributed by atoms with Gasteiger partial charge in [-0.3, -0.25) is 4.90 Å². The Morgan fingerprint density at radius 3 is 2.55 bits per heavy atom. The minimum atomic E-state index is -1.18. The molecule has 0 bridgehead atoms. The number of likely N-dealkylation sites (tertiary alicyclic amines) is 1. The molecule has 7 nitrogen and oxygen atoms in total. The normalized spacial score (nSPS) is 31.4. The van der Waals surface area contributed by atoms with Crippen molar-refractivity contribution >= 4 is 17.8 Å². The SMILES string of the molecule is COC(=O)C1=NC2(OC1)[C@@H](C)C[C@H](C)N2C(=O)OC(C)(C)C. The highest BCUT2D eigenvalue weighted by Crippen LogP contribution is 2.44. The van der Waals surface area contributed by atoms with E-state index in [-0.39, 0.29) is 24.3 Å². The van der Waals surface area contributed by atoms with Crippen LogP contribution in [-0.4, -0.2) is 53.9 Å². The first-order valence-corrected chi connectivity index (χ1v) is 7.44. The number of carbonyl (C=O) groups is 2. The molecule has 2 aliphatic heterocycles. The average Bonchev–Trinajstić information content (AvgIpc) is 2.91. The van der Waals surface area contributed by atoms with Crippen molar-refractivity contribution in [3.8, 4) is 0 Å². The first-order valence-electron chi connectivity index (χ1n) is 7.44. The molecule has 0 aromatic carbocycles. The number of aliphatic imine (C=N–C) groups is 1. The summed E-state index contributed by atoms with van der Waals surface area (Å²) in [5, 5.41) is 0. The molecular weight excluding hydrogens is 288 g/mol. The van der Waals surface area contributed by atoms with Crippen molar-refractivity contribution < 1.29 is 23.8 Å². The van der Waals surface area contributed by atoms with Crippen molar-refractivity contribution in [2.24, 2.45) is 10.9 Å². The molecule has 2 aliphatic rings. The Balaban J connectivity index is 2.34. The lowest BCUT2D eigenvalue weighted by Gasteiger charge is -2.36. The van der Waals surface area contributed by atoms with Crippen molar-refractivity contribution in [2.75, 3.05) is 13.7 Å². The van der Waals surface area contributed by atoms with Gasteiger partial charge in [-0.25, -0.2) is 14.6 Å². The van der Waals surface area contributed by atoms with E-state index in [0.29, 0.717) is 0 Å². The highest BCUT2D eigenvalue weighted by molar-refractivity contribution is 6.37. The van der Waals surface area contributed by atoms with Crippen LogP contribution in [0.15, 0.2) is 4.99 Å². The van der Waals surface area contributed by atoms with E-state index in [2.05, 4.69) is 4.99 Å². The molecule has 1 fully saturated rings. The second kappa shape index (κ2) is 5.53. The van der Waals surface area contributed by atoms with Crippen LogP contribution in [0.1, 0.15) is 41.0 Å². The third-order valence-electron chi connectivity index (χ3n) is 3.85. The molecule has 1 spiro atoms. The van der Waals surface area contributed by atoms with Crippen molar-refractivity contribution in [1.82, 2.24) is 4.90 Å². The van der Waals surface area contributed by atoms with E-state index in [0.717, 1.165) is 6.42 Å². The van der Waals surface area contributed by atoms with Crippen LogP contribution in [0.3, 0.4) is 0 Å². The molecule has 0 aromatic heterocycles. The van der Waals surface area contributed by atoms with Gasteiger partial charge in [0.15, 0.2) is 5.71 Å². The lowest BCUT2D eigenvalue weighted by Crippen LogP contribution is -2.52. The largest absolute Gasteiger partial charge is 0.464 e. The summed E-state index contributed by atoms with van der Waals surface area (Å²) in [5.74, 6) is -1.75. The molecule has 22 heavy (non-hydrogen) atoms. The number of ether oxygens (including phenoxy) is 3. The highest BCUT2D eigenvalue weighted by Gasteiger charge is 2.58. The van der Waals surface area contributed by atoms with E-state index in [9.17, 15) is 9.59 Å². The highest BCUT2D eigenvalue weighted by atomic mass is 16.6. The first kappa shape index (κ1) is 16.7. The summed E-state index contributed by atoms with van der Waals surface area (Å²) >= 11 is 0. The van der Waals surface area contributed by atoms with Crippen molar-refractivity contribution in [3.05, 3.63) is 0 Å². The van der Waals surface area contributed by atoms with Crippen LogP contribution >= 0.6 is 0 Å². The van der Waals surface area contributed by atoms with Gasteiger partial charge in [-0.05, 0) is 34.1 Å². The summed E-state index contributed by atoms with van der Waals surface area (Å²) in [6.07, 6.45) is 0.233. The molecule has 3 atom stereocenters. The summed E-state index contributed by atoms with van der Waals surface area (Å²) in [4.78, 5) is 30.1. The molecule has 0 N–H and O–H groups in total. The monoisotopic (exact) mass is 312 g/mol. The first-order chi connectivity index (χ1) is 10.1. The van der Waals surface area contributed by atoms with Gasteiger partial charge in [0.2, 0.25) is 5.85 Å². The lowest BCUT2D eigenvalue weighted by molar-refractivity contribution is -0.133. The molecule has 0 aromatic rings. The number of methoxy groups -OCH3 is 1. The minimum Gasteiger partial charge on any atom is -0.464 e. The summed E-state index contributed by atoms with van der Waals surface area (Å²) in [6, 6.07) is -0.0920.